The van der Waals surface area contributed by atoms with E-state index >= 15 is 0 Å². The van der Waals surface area contributed by atoms with Crippen LogP contribution >= 0.6 is 0 Å². The molecule has 1 unspecified atom stereocenters. The molecule has 0 radical (unpaired) electrons. The van der Waals surface area contributed by atoms with E-state index in [4.69, 9.17) is 0 Å². The molecule has 0 nitrogen and oxygen atoms in total. The molecule has 0 aromatic carbocycles. The Morgan fingerprint density at radius 2 is 1.67 bits per heavy atom. The normalized spacial score (nSPS) is 24.6. The van der Waals surface area contributed by atoms with E-state index in [2.05, 4.69) is 47.7 Å². The molecule has 2 heteroatoms. The molecule has 1 aliphatic heterocycles. The summed E-state index contributed by atoms with van der Waals surface area (Å²) in [4.78, 5) is 0. The van der Waals surface area contributed by atoms with Crippen molar-refractivity contribution < 1.29 is 0 Å². The Balaban J connectivity index is 2.84. The van der Waals surface area contributed by atoms with Crippen molar-refractivity contribution >= 4 is 23.0 Å². The fourth-order valence-corrected chi connectivity index (χ4v) is 11.5. The Bertz CT molecular complexity index is 271. The topological polar surface area (TPSA) is 0 Å². The van der Waals surface area contributed by atoms with E-state index in [1.165, 1.54) is 11.7 Å². The van der Waals surface area contributed by atoms with Crippen molar-refractivity contribution in [2.24, 2.45) is 0 Å². The molecule has 0 saturated carbocycles. The van der Waals surface area contributed by atoms with Crippen LogP contribution < -0.4 is 0 Å². The second kappa shape index (κ2) is 4.39. The molecule has 1 heterocycles. The Morgan fingerprint density at radius 3 is 2.07 bits per heavy atom. The minimum atomic E-state index is -1.08. The average Bonchev–Trinajstić information content (AvgIpc) is 2.07. The Morgan fingerprint density at radius 1 is 1.13 bits per heavy atom. The number of hydrogen-bond donors (Lipinski definition) is 0. The van der Waals surface area contributed by atoms with Crippen LogP contribution in [0.2, 0.25) is 27.9 Å². The third-order valence-electron chi connectivity index (χ3n) is 4.46. The second-order valence-electron chi connectivity index (χ2n) is 6.54. The summed E-state index contributed by atoms with van der Waals surface area (Å²) < 4.78 is 1.06. The van der Waals surface area contributed by atoms with Gasteiger partial charge in [-0.15, -0.1) is 0 Å². The van der Waals surface area contributed by atoms with Gasteiger partial charge < -0.3 is 0 Å². The van der Waals surface area contributed by atoms with Gasteiger partial charge in [-0.25, -0.2) is 0 Å². The molecule has 0 bridgehead atoms. The molecule has 15 heavy (non-hydrogen) atoms. The van der Waals surface area contributed by atoms with Crippen LogP contribution in [0.1, 0.15) is 41.0 Å². The standard InChI is InChI=1S/C13H26SeSi/c1-10-8-12(14-9-11(10)2)15(6,7)13(3,4)5/h12H,8-9H2,1-7H3. The minimum absolute atomic E-state index is 0.560. The second-order valence-corrected chi connectivity index (χ2v) is 15.6. The molecule has 0 aliphatic carbocycles. The van der Waals surface area contributed by atoms with Crippen molar-refractivity contribution in [2.45, 2.75) is 68.9 Å². The van der Waals surface area contributed by atoms with E-state index < -0.39 is 8.07 Å². The maximum absolute atomic E-state index is 2.60. The first-order valence-corrected chi connectivity index (χ1v) is 11.2. The van der Waals surface area contributed by atoms with Gasteiger partial charge in [0, 0.05) is 0 Å². The quantitative estimate of drug-likeness (QED) is 0.485. The first kappa shape index (κ1) is 13.5. The summed E-state index contributed by atoms with van der Waals surface area (Å²) in [7, 11) is -1.08. The molecule has 1 aliphatic rings. The van der Waals surface area contributed by atoms with Gasteiger partial charge in [-0.3, -0.25) is 0 Å². The van der Waals surface area contributed by atoms with Gasteiger partial charge in [0.1, 0.15) is 0 Å². The molecule has 88 valence electrons. The van der Waals surface area contributed by atoms with Crippen molar-refractivity contribution in [3.63, 3.8) is 0 Å². The van der Waals surface area contributed by atoms with E-state index in [1.807, 2.05) is 0 Å². The molecule has 0 N–H and O–H groups in total. The van der Waals surface area contributed by atoms with E-state index in [0.29, 0.717) is 5.04 Å². The van der Waals surface area contributed by atoms with Gasteiger partial charge in [-0.05, 0) is 0 Å². The molecular formula is C13H26SeSi. The van der Waals surface area contributed by atoms with Crippen LogP contribution in [0.3, 0.4) is 0 Å². The van der Waals surface area contributed by atoms with Crippen molar-refractivity contribution in [1.29, 1.82) is 0 Å². The zero-order valence-corrected chi connectivity index (χ0v) is 14.1. The van der Waals surface area contributed by atoms with E-state index in [-0.39, 0.29) is 0 Å². The van der Waals surface area contributed by atoms with E-state index in [0.717, 1.165) is 19.4 Å². The van der Waals surface area contributed by atoms with Gasteiger partial charge in [-0.2, -0.15) is 0 Å². The summed E-state index contributed by atoms with van der Waals surface area (Å²) in [5, 5.41) is 1.97. The SMILES string of the molecule is CC1=C(C)CC([Si](C)(C)C(C)(C)C)[Se]C1. The van der Waals surface area contributed by atoms with Gasteiger partial charge in [0.25, 0.3) is 0 Å². The summed E-state index contributed by atoms with van der Waals surface area (Å²) in [6.45, 7) is 17.3. The van der Waals surface area contributed by atoms with Crippen LogP contribution in [0.5, 0.6) is 0 Å². The summed E-state index contributed by atoms with van der Waals surface area (Å²) in [5.74, 6) is 0. The Kier molecular flexibility index (Phi) is 3.96. The monoisotopic (exact) mass is 290 g/mol. The summed E-state index contributed by atoms with van der Waals surface area (Å²) in [5.41, 5.74) is 3.38. The fourth-order valence-electron chi connectivity index (χ4n) is 1.81. The molecule has 0 aromatic rings. The van der Waals surface area contributed by atoms with Gasteiger partial charge in [0.2, 0.25) is 0 Å². The third kappa shape index (κ3) is 2.78. The van der Waals surface area contributed by atoms with E-state index in [1.54, 1.807) is 11.1 Å². The van der Waals surface area contributed by atoms with Crippen LogP contribution in [0.15, 0.2) is 11.1 Å². The van der Waals surface area contributed by atoms with Crippen molar-refractivity contribution in [2.75, 3.05) is 0 Å². The van der Waals surface area contributed by atoms with Crippen molar-refractivity contribution in [3.05, 3.63) is 11.1 Å². The van der Waals surface area contributed by atoms with E-state index in [9.17, 15) is 0 Å². The first-order valence-electron chi connectivity index (χ1n) is 5.93. The van der Waals surface area contributed by atoms with Crippen LogP contribution in [0.4, 0.5) is 0 Å². The predicted molar refractivity (Wildman–Crippen MR) is 74.5 cm³/mol. The van der Waals surface area contributed by atoms with Crippen LogP contribution in [-0.4, -0.2) is 23.0 Å². The zero-order valence-electron chi connectivity index (χ0n) is 11.4. The molecule has 0 spiro atoms. The average molecular weight is 289 g/mol. The number of allylic oxidation sites excluding steroid dienone is 2. The summed E-state index contributed by atoms with van der Waals surface area (Å²) >= 11 is 0.868. The number of rotatable bonds is 1. The predicted octanol–water partition coefficient (Wildman–Crippen LogP) is 4.69. The van der Waals surface area contributed by atoms with Crippen LogP contribution in [0, 0.1) is 0 Å². The Hall–Kier alpha value is 0.476. The van der Waals surface area contributed by atoms with Crippen LogP contribution in [-0.2, 0) is 0 Å². The number of hydrogen-bond acceptors (Lipinski definition) is 0. The van der Waals surface area contributed by atoms with Gasteiger partial charge in [0.15, 0.2) is 0 Å². The third-order valence-corrected chi connectivity index (χ3v) is 17.2. The van der Waals surface area contributed by atoms with Gasteiger partial charge >= 0.3 is 103 Å². The molecule has 0 aromatic heterocycles. The van der Waals surface area contributed by atoms with Gasteiger partial charge in [-0.1, -0.05) is 0 Å². The maximum atomic E-state index is 2.60. The zero-order chi connectivity index (χ0) is 11.9. The van der Waals surface area contributed by atoms with Gasteiger partial charge in [0.05, 0.1) is 0 Å². The molecule has 1 rings (SSSR count). The van der Waals surface area contributed by atoms with Crippen LogP contribution in [0.25, 0.3) is 0 Å². The molecule has 0 fully saturated rings. The molecule has 1 atom stereocenters. The first-order chi connectivity index (χ1) is 6.66. The fraction of sp³-hybridized carbons (Fsp3) is 0.846. The summed E-state index contributed by atoms with van der Waals surface area (Å²) in [6, 6.07) is 0. The molecular weight excluding hydrogens is 263 g/mol. The molecule has 0 amide bonds. The van der Waals surface area contributed by atoms with Crippen molar-refractivity contribution in [1.82, 2.24) is 0 Å². The Labute approximate surface area is 103 Å². The molecule has 0 saturated heterocycles. The summed E-state index contributed by atoms with van der Waals surface area (Å²) in [6.07, 6.45) is 1.41. The van der Waals surface area contributed by atoms with Crippen molar-refractivity contribution in [3.8, 4) is 0 Å².